The lowest BCUT2D eigenvalue weighted by Crippen LogP contribution is -1.89. The Morgan fingerprint density at radius 3 is 2.39 bits per heavy atom. The number of unbranched alkanes of at least 4 members (excludes halogenated alkanes) is 1. The molecule has 0 unspecified atom stereocenters. The van der Waals surface area contributed by atoms with Crippen LogP contribution in [-0.4, -0.2) is 0 Å². The molecule has 0 radical (unpaired) electrons. The summed E-state index contributed by atoms with van der Waals surface area (Å²) in [5, 5.41) is 0. The molecule has 23 heavy (non-hydrogen) atoms. The van der Waals surface area contributed by atoms with E-state index < -0.39 is 0 Å². The van der Waals surface area contributed by atoms with Crippen molar-refractivity contribution in [1.29, 1.82) is 0 Å². The lowest BCUT2D eigenvalue weighted by molar-refractivity contribution is 0.481. The van der Waals surface area contributed by atoms with Gasteiger partial charge in [0.1, 0.15) is 11.5 Å². The van der Waals surface area contributed by atoms with E-state index in [0.29, 0.717) is 0 Å². The fourth-order valence-corrected chi connectivity index (χ4v) is 2.54. The molecule has 2 aromatic rings. The summed E-state index contributed by atoms with van der Waals surface area (Å²) >= 11 is 0. The van der Waals surface area contributed by atoms with Gasteiger partial charge in [0, 0.05) is 5.56 Å². The Hall–Kier alpha value is -2.28. The van der Waals surface area contributed by atoms with Crippen molar-refractivity contribution in [2.75, 3.05) is 0 Å². The van der Waals surface area contributed by atoms with E-state index in [1.165, 1.54) is 17.6 Å². The molecule has 0 amide bonds. The van der Waals surface area contributed by atoms with Crippen LogP contribution < -0.4 is 4.74 Å². The minimum absolute atomic E-state index is 0.872. The van der Waals surface area contributed by atoms with E-state index in [0.717, 1.165) is 29.9 Å². The number of hydrogen-bond acceptors (Lipinski definition) is 1. The van der Waals surface area contributed by atoms with Crippen LogP contribution >= 0.6 is 0 Å². The molecule has 0 saturated heterocycles. The zero-order valence-corrected chi connectivity index (χ0v) is 14.4. The molecule has 0 bridgehead atoms. The van der Waals surface area contributed by atoms with Crippen molar-refractivity contribution in [2.24, 2.45) is 0 Å². The normalized spacial score (nSPS) is 11.9. The van der Waals surface area contributed by atoms with Crippen molar-refractivity contribution < 1.29 is 4.74 Å². The average molecular weight is 306 g/mol. The summed E-state index contributed by atoms with van der Waals surface area (Å²) in [5.74, 6) is 1.76. The molecule has 1 heteroatoms. The Balaban J connectivity index is 2.17. The van der Waals surface area contributed by atoms with Crippen LogP contribution in [0.15, 0.2) is 60.7 Å². The summed E-state index contributed by atoms with van der Waals surface area (Å²) < 4.78 is 6.04. The van der Waals surface area contributed by atoms with Crippen molar-refractivity contribution in [2.45, 2.75) is 40.0 Å². The molecule has 0 fully saturated rings. The molecule has 0 aliphatic rings. The molecule has 2 rings (SSSR count). The summed E-state index contributed by atoms with van der Waals surface area (Å²) in [6.07, 6.45) is 9.82. The monoisotopic (exact) mass is 306 g/mol. The third kappa shape index (κ3) is 4.85. The predicted octanol–water partition coefficient (Wildman–Crippen LogP) is 7.11. The van der Waals surface area contributed by atoms with E-state index in [2.05, 4.69) is 56.3 Å². The second-order valence-corrected chi connectivity index (χ2v) is 5.54. The highest BCUT2D eigenvalue weighted by atomic mass is 16.5. The maximum atomic E-state index is 6.04. The smallest absolute Gasteiger partial charge is 0.134 e. The Morgan fingerprint density at radius 1 is 1.00 bits per heavy atom. The molecule has 0 aliphatic heterocycles. The number of rotatable bonds is 7. The van der Waals surface area contributed by atoms with Gasteiger partial charge in [-0.3, -0.25) is 0 Å². The summed E-state index contributed by atoms with van der Waals surface area (Å²) in [6.45, 7) is 6.43. The van der Waals surface area contributed by atoms with Gasteiger partial charge < -0.3 is 4.74 Å². The van der Waals surface area contributed by atoms with Crippen LogP contribution in [0.3, 0.4) is 0 Å². The highest BCUT2D eigenvalue weighted by molar-refractivity contribution is 5.66. The molecule has 0 heterocycles. The van der Waals surface area contributed by atoms with Gasteiger partial charge in [-0.05, 0) is 49.1 Å². The van der Waals surface area contributed by atoms with E-state index in [4.69, 9.17) is 4.74 Å². The van der Waals surface area contributed by atoms with Crippen LogP contribution in [0, 0.1) is 0 Å². The van der Waals surface area contributed by atoms with E-state index in [-0.39, 0.29) is 0 Å². The maximum absolute atomic E-state index is 6.04. The molecule has 0 aliphatic carbocycles. The summed E-state index contributed by atoms with van der Waals surface area (Å²) in [4.78, 5) is 0. The van der Waals surface area contributed by atoms with Crippen molar-refractivity contribution in [3.8, 4) is 11.5 Å². The Labute approximate surface area is 140 Å². The van der Waals surface area contributed by atoms with Gasteiger partial charge in [0.05, 0.1) is 0 Å². The van der Waals surface area contributed by atoms with Gasteiger partial charge in [-0.15, -0.1) is 0 Å². The largest absolute Gasteiger partial charge is 0.457 e. The van der Waals surface area contributed by atoms with E-state index in [1.807, 2.05) is 31.2 Å². The SMILES string of the molecule is C/C=C\c1ccccc1Oc1ccc(/C(=C/CCC)CC)cc1. The number of ether oxygens (including phenoxy) is 1. The maximum Gasteiger partial charge on any atom is 0.134 e. The Morgan fingerprint density at radius 2 is 1.74 bits per heavy atom. The molecular formula is C22H26O. The molecular weight excluding hydrogens is 280 g/mol. The van der Waals surface area contributed by atoms with Gasteiger partial charge >= 0.3 is 0 Å². The Kier molecular flexibility index (Phi) is 6.68. The third-order valence-corrected chi connectivity index (χ3v) is 3.78. The van der Waals surface area contributed by atoms with Gasteiger partial charge in [-0.2, -0.15) is 0 Å². The summed E-state index contributed by atoms with van der Waals surface area (Å²) in [5.41, 5.74) is 3.79. The van der Waals surface area contributed by atoms with Crippen molar-refractivity contribution >= 4 is 11.6 Å². The molecule has 0 N–H and O–H groups in total. The highest BCUT2D eigenvalue weighted by Gasteiger charge is 2.03. The molecule has 120 valence electrons. The fraction of sp³-hybridized carbons (Fsp3) is 0.273. The molecule has 0 aromatic heterocycles. The third-order valence-electron chi connectivity index (χ3n) is 3.78. The molecule has 0 atom stereocenters. The highest BCUT2D eigenvalue weighted by Crippen LogP contribution is 2.28. The second-order valence-electron chi connectivity index (χ2n) is 5.54. The van der Waals surface area contributed by atoms with Gasteiger partial charge in [0.25, 0.3) is 0 Å². The van der Waals surface area contributed by atoms with Crippen LogP contribution in [0.25, 0.3) is 11.6 Å². The van der Waals surface area contributed by atoms with Gasteiger partial charge in [0.2, 0.25) is 0 Å². The van der Waals surface area contributed by atoms with Gasteiger partial charge in [0.15, 0.2) is 0 Å². The minimum atomic E-state index is 0.872. The van der Waals surface area contributed by atoms with E-state index in [1.54, 1.807) is 0 Å². The quantitative estimate of drug-likeness (QED) is 0.529. The van der Waals surface area contributed by atoms with Gasteiger partial charge in [-0.1, -0.05) is 68.8 Å². The standard InChI is InChI=1S/C22H26O/c1-4-7-11-18(6-3)19-14-16-21(17-15-19)23-22-13-9-8-12-20(22)10-5-2/h5,8-17H,4,6-7H2,1-3H3/b10-5-,18-11+. The predicted molar refractivity (Wildman–Crippen MR) is 101 cm³/mol. The average Bonchev–Trinajstić information content (AvgIpc) is 2.59. The first-order chi connectivity index (χ1) is 11.3. The van der Waals surface area contributed by atoms with Crippen LogP contribution in [0.2, 0.25) is 0 Å². The zero-order chi connectivity index (χ0) is 16.5. The molecule has 0 saturated carbocycles. The van der Waals surface area contributed by atoms with Crippen LogP contribution in [0.5, 0.6) is 11.5 Å². The number of allylic oxidation sites excluding steroid dienone is 3. The fourth-order valence-electron chi connectivity index (χ4n) is 2.54. The topological polar surface area (TPSA) is 9.23 Å². The summed E-state index contributed by atoms with van der Waals surface area (Å²) in [7, 11) is 0. The summed E-state index contributed by atoms with van der Waals surface area (Å²) in [6, 6.07) is 16.5. The zero-order valence-electron chi connectivity index (χ0n) is 14.4. The molecule has 2 aromatic carbocycles. The second kappa shape index (κ2) is 8.99. The van der Waals surface area contributed by atoms with Crippen LogP contribution in [-0.2, 0) is 0 Å². The van der Waals surface area contributed by atoms with E-state index in [9.17, 15) is 0 Å². The van der Waals surface area contributed by atoms with Crippen LogP contribution in [0.1, 0.15) is 51.2 Å². The number of hydrogen-bond donors (Lipinski definition) is 0. The van der Waals surface area contributed by atoms with E-state index >= 15 is 0 Å². The first-order valence-electron chi connectivity index (χ1n) is 8.47. The number of benzene rings is 2. The minimum Gasteiger partial charge on any atom is -0.457 e. The van der Waals surface area contributed by atoms with Crippen molar-refractivity contribution in [1.82, 2.24) is 0 Å². The Bertz CT molecular complexity index is 663. The first-order valence-corrected chi connectivity index (χ1v) is 8.47. The molecule has 1 nitrogen and oxygen atoms in total. The van der Waals surface area contributed by atoms with Crippen molar-refractivity contribution in [3.63, 3.8) is 0 Å². The number of para-hydroxylation sites is 1. The molecule has 0 spiro atoms. The lowest BCUT2D eigenvalue weighted by Gasteiger charge is -2.10. The van der Waals surface area contributed by atoms with Gasteiger partial charge in [-0.25, -0.2) is 0 Å². The van der Waals surface area contributed by atoms with Crippen molar-refractivity contribution in [3.05, 3.63) is 71.8 Å². The lowest BCUT2D eigenvalue weighted by atomic mass is 10.0. The first kappa shape index (κ1) is 17.1. The van der Waals surface area contributed by atoms with Crippen LogP contribution in [0.4, 0.5) is 0 Å².